The van der Waals surface area contributed by atoms with E-state index in [1.807, 2.05) is 31.2 Å². The molecule has 2 unspecified atom stereocenters. The van der Waals surface area contributed by atoms with E-state index in [9.17, 15) is 5.11 Å². The summed E-state index contributed by atoms with van der Waals surface area (Å²) >= 11 is 0. The van der Waals surface area contributed by atoms with Gasteiger partial charge in [-0.15, -0.1) is 0 Å². The van der Waals surface area contributed by atoms with Gasteiger partial charge in [0.15, 0.2) is 0 Å². The molecular weight excluding hydrogens is 264 g/mol. The third-order valence-electron chi connectivity index (χ3n) is 3.73. The summed E-state index contributed by atoms with van der Waals surface area (Å²) in [6, 6.07) is 7.83. The minimum absolute atomic E-state index is 0.274. The van der Waals surface area contributed by atoms with Crippen molar-refractivity contribution in [1.82, 2.24) is 0 Å². The average Bonchev–Trinajstić information content (AvgIpc) is 2.50. The molecule has 0 saturated carbocycles. The van der Waals surface area contributed by atoms with Crippen LogP contribution in [0.25, 0.3) is 0 Å². The Labute approximate surface area is 129 Å². The predicted molar refractivity (Wildman–Crippen MR) is 86.8 cm³/mol. The monoisotopic (exact) mass is 294 g/mol. The van der Waals surface area contributed by atoms with Gasteiger partial charge in [-0.25, -0.2) is 0 Å². The first kappa shape index (κ1) is 18.0. The Morgan fingerprint density at radius 3 is 2.52 bits per heavy atom. The van der Waals surface area contributed by atoms with Crippen molar-refractivity contribution in [3.8, 4) is 5.75 Å². The number of aliphatic hydroxyl groups is 1. The quantitative estimate of drug-likeness (QED) is 0.671. The van der Waals surface area contributed by atoms with Crippen LogP contribution in [0.5, 0.6) is 5.75 Å². The summed E-state index contributed by atoms with van der Waals surface area (Å²) < 4.78 is 11.3. The number of benzene rings is 1. The Balaban J connectivity index is 2.19. The fourth-order valence-corrected chi connectivity index (χ4v) is 2.22. The van der Waals surface area contributed by atoms with Crippen LogP contribution in [0.15, 0.2) is 24.3 Å². The zero-order valence-electron chi connectivity index (χ0n) is 13.7. The Morgan fingerprint density at radius 2 is 1.86 bits per heavy atom. The smallest absolute Gasteiger partial charge is 0.122 e. The van der Waals surface area contributed by atoms with Crippen LogP contribution in [0.2, 0.25) is 0 Å². The highest BCUT2D eigenvalue weighted by molar-refractivity contribution is 5.31. The highest BCUT2D eigenvalue weighted by atomic mass is 16.5. The molecule has 0 aromatic heterocycles. The molecule has 1 N–H and O–H groups in total. The maximum atomic E-state index is 9.91. The van der Waals surface area contributed by atoms with Gasteiger partial charge >= 0.3 is 0 Å². The maximum Gasteiger partial charge on any atom is 0.122 e. The van der Waals surface area contributed by atoms with Gasteiger partial charge in [0.05, 0.1) is 6.61 Å². The molecule has 3 nitrogen and oxygen atoms in total. The second-order valence-corrected chi connectivity index (χ2v) is 5.68. The van der Waals surface area contributed by atoms with E-state index in [2.05, 4.69) is 13.8 Å². The third-order valence-corrected chi connectivity index (χ3v) is 3.73. The SMILES string of the molecule is CCCCC(CC)COCC(O)COc1ccccc1C. The van der Waals surface area contributed by atoms with Gasteiger partial charge in [-0.1, -0.05) is 51.3 Å². The fraction of sp³-hybridized carbons (Fsp3) is 0.667. The van der Waals surface area contributed by atoms with Gasteiger partial charge in [-0.05, 0) is 30.9 Å². The van der Waals surface area contributed by atoms with Gasteiger partial charge in [0.25, 0.3) is 0 Å². The fourth-order valence-electron chi connectivity index (χ4n) is 2.22. The zero-order chi connectivity index (χ0) is 15.5. The Kier molecular flexibility index (Phi) is 9.11. The van der Waals surface area contributed by atoms with Gasteiger partial charge in [-0.2, -0.15) is 0 Å². The second-order valence-electron chi connectivity index (χ2n) is 5.68. The molecule has 3 heteroatoms. The van der Waals surface area contributed by atoms with Gasteiger partial charge < -0.3 is 14.6 Å². The van der Waals surface area contributed by atoms with Crippen LogP contribution in [0.3, 0.4) is 0 Å². The van der Waals surface area contributed by atoms with Crippen LogP contribution < -0.4 is 4.74 Å². The first-order valence-electron chi connectivity index (χ1n) is 8.11. The Hall–Kier alpha value is -1.06. The molecule has 0 saturated heterocycles. The summed E-state index contributed by atoms with van der Waals surface area (Å²) in [6.07, 6.45) is 4.25. The molecule has 0 bridgehead atoms. The van der Waals surface area contributed by atoms with Crippen molar-refractivity contribution in [3.63, 3.8) is 0 Å². The standard InChI is InChI=1S/C18H30O3/c1-4-6-10-16(5-2)12-20-13-17(19)14-21-18-11-8-7-9-15(18)3/h7-9,11,16-17,19H,4-6,10,12-14H2,1-3H3. The third kappa shape index (κ3) is 7.49. The molecule has 0 aliphatic rings. The normalized spacial score (nSPS) is 13.9. The lowest BCUT2D eigenvalue weighted by molar-refractivity contribution is -0.00119. The summed E-state index contributed by atoms with van der Waals surface area (Å²) in [5, 5.41) is 9.91. The highest BCUT2D eigenvalue weighted by Gasteiger charge is 2.10. The van der Waals surface area contributed by atoms with Crippen molar-refractivity contribution >= 4 is 0 Å². The van der Waals surface area contributed by atoms with Gasteiger partial charge in [0.2, 0.25) is 0 Å². The molecule has 1 rings (SSSR count). The molecule has 21 heavy (non-hydrogen) atoms. The first-order valence-corrected chi connectivity index (χ1v) is 8.11. The van der Waals surface area contributed by atoms with Crippen LogP contribution in [0.1, 0.15) is 45.1 Å². The summed E-state index contributed by atoms with van der Waals surface area (Å²) in [7, 11) is 0. The second kappa shape index (κ2) is 10.6. The molecule has 0 aliphatic heterocycles. The van der Waals surface area contributed by atoms with E-state index in [0.29, 0.717) is 12.5 Å². The van der Waals surface area contributed by atoms with E-state index in [1.54, 1.807) is 0 Å². The number of hydrogen-bond acceptors (Lipinski definition) is 3. The molecule has 0 amide bonds. The molecule has 0 aliphatic carbocycles. The first-order chi connectivity index (χ1) is 10.2. The van der Waals surface area contributed by atoms with Crippen molar-refractivity contribution in [2.45, 2.75) is 52.6 Å². The van der Waals surface area contributed by atoms with E-state index in [-0.39, 0.29) is 6.61 Å². The van der Waals surface area contributed by atoms with Crippen LogP contribution in [-0.2, 0) is 4.74 Å². The van der Waals surface area contributed by atoms with Crippen LogP contribution in [0.4, 0.5) is 0 Å². The molecule has 0 radical (unpaired) electrons. The van der Waals surface area contributed by atoms with Crippen molar-refractivity contribution in [2.24, 2.45) is 5.92 Å². The lowest BCUT2D eigenvalue weighted by atomic mass is 10.0. The van der Waals surface area contributed by atoms with Gasteiger partial charge in [0, 0.05) is 6.61 Å². The number of rotatable bonds is 11. The largest absolute Gasteiger partial charge is 0.491 e. The van der Waals surface area contributed by atoms with Crippen LogP contribution >= 0.6 is 0 Å². The lowest BCUT2D eigenvalue weighted by Crippen LogP contribution is -2.25. The summed E-state index contributed by atoms with van der Waals surface area (Å²) in [5.41, 5.74) is 1.08. The van der Waals surface area contributed by atoms with Crippen molar-refractivity contribution < 1.29 is 14.6 Å². The van der Waals surface area contributed by atoms with E-state index < -0.39 is 6.10 Å². The lowest BCUT2D eigenvalue weighted by Gasteiger charge is -2.17. The molecule has 0 heterocycles. The number of aryl methyl sites for hydroxylation is 1. The van der Waals surface area contributed by atoms with E-state index >= 15 is 0 Å². The number of hydrogen-bond donors (Lipinski definition) is 1. The minimum Gasteiger partial charge on any atom is -0.491 e. The summed E-state index contributed by atoms with van der Waals surface area (Å²) in [6.45, 7) is 7.75. The van der Waals surface area contributed by atoms with Crippen LogP contribution in [0, 0.1) is 12.8 Å². The van der Waals surface area contributed by atoms with E-state index in [0.717, 1.165) is 24.3 Å². The number of unbranched alkanes of at least 4 members (excludes halogenated alkanes) is 1. The molecule has 0 fully saturated rings. The van der Waals surface area contributed by atoms with E-state index in [4.69, 9.17) is 9.47 Å². The van der Waals surface area contributed by atoms with Crippen molar-refractivity contribution in [3.05, 3.63) is 29.8 Å². The maximum absolute atomic E-state index is 9.91. The Bertz CT molecular complexity index is 378. The molecule has 2 atom stereocenters. The van der Waals surface area contributed by atoms with Crippen molar-refractivity contribution in [1.29, 1.82) is 0 Å². The van der Waals surface area contributed by atoms with Gasteiger partial charge in [0.1, 0.15) is 18.5 Å². The van der Waals surface area contributed by atoms with E-state index in [1.165, 1.54) is 19.3 Å². The van der Waals surface area contributed by atoms with Gasteiger partial charge in [-0.3, -0.25) is 0 Å². The van der Waals surface area contributed by atoms with Crippen LogP contribution in [-0.4, -0.2) is 31.0 Å². The number of para-hydroxylation sites is 1. The molecular formula is C18H30O3. The summed E-state index contributed by atoms with van der Waals surface area (Å²) in [5.74, 6) is 1.43. The zero-order valence-corrected chi connectivity index (χ0v) is 13.7. The topological polar surface area (TPSA) is 38.7 Å². The molecule has 1 aromatic rings. The predicted octanol–water partition coefficient (Wildman–Crippen LogP) is 3.97. The summed E-state index contributed by atoms with van der Waals surface area (Å²) in [4.78, 5) is 0. The van der Waals surface area contributed by atoms with Crippen molar-refractivity contribution in [2.75, 3.05) is 19.8 Å². The molecule has 1 aromatic carbocycles. The number of aliphatic hydroxyl groups excluding tert-OH is 1. The Morgan fingerprint density at radius 1 is 1.10 bits per heavy atom. The highest BCUT2D eigenvalue weighted by Crippen LogP contribution is 2.16. The number of ether oxygens (including phenoxy) is 2. The molecule has 120 valence electrons. The minimum atomic E-state index is -0.576. The molecule has 0 spiro atoms. The average molecular weight is 294 g/mol.